The molecule has 1 aromatic rings. The van der Waals surface area contributed by atoms with Crippen LogP contribution in [0.5, 0.6) is 0 Å². The van der Waals surface area contributed by atoms with Crippen LogP contribution in [0, 0.1) is 6.92 Å². The number of halogens is 2. The van der Waals surface area contributed by atoms with Crippen molar-refractivity contribution in [2.75, 3.05) is 32.5 Å². The van der Waals surface area contributed by atoms with E-state index >= 15 is 0 Å². The van der Waals surface area contributed by atoms with Gasteiger partial charge in [0.15, 0.2) is 0 Å². The zero-order valence-electron chi connectivity index (χ0n) is 12.6. The number of piperidine rings is 1. The molecule has 0 atom stereocenters. The first-order valence-electron chi connectivity index (χ1n) is 7.07. The number of benzene rings is 1. The summed E-state index contributed by atoms with van der Waals surface area (Å²) in [4.78, 5) is 15.4. The molecule has 4 nitrogen and oxygen atoms in total. The van der Waals surface area contributed by atoms with Gasteiger partial charge >= 0.3 is 6.03 Å². The highest BCUT2D eigenvalue weighted by Crippen LogP contribution is 2.30. The molecule has 1 saturated heterocycles. The smallest absolute Gasteiger partial charge is 0.319 e. The van der Waals surface area contributed by atoms with E-state index in [4.69, 9.17) is 11.6 Å². The molecule has 1 fully saturated rings. The monoisotopic (exact) mass is 373 g/mol. The van der Waals surface area contributed by atoms with Gasteiger partial charge in [-0.3, -0.25) is 0 Å². The lowest BCUT2D eigenvalue weighted by molar-refractivity contribution is 0.158. The summed E-state index contributed by atoms with van der Waals surface area (Å²) in [6, 6.07) is 4.44. The third-order valence-electron chi connectivity index (χ3n) is 3.76. The van der Waals surface area contributed by atoms with E-state index in [1.807, 2.05) is 24.0 Å². The molecule has 0 spiro atoms. The van der Waals surface area contributed by atoms with Gasteiger partial charge < -0.3 is 15.1 Å². The lowest BCUT2D eigenvalue weighted by Crippen LogP contribution is -2.46. The number of likely N-dealkylation sites (tertiary alicyclic amines) is 1. The van der Waals surface area contributed by atoms with Gasteiger partial charge in [-0.1, -0.05) is 11.6 Å². The zero-order valence-corrected chi connectivity index (χ0v) is 15.0. The summed E-state index contributed by atoms with van der Waals surface area (Å²) in [6.07, 6.45) is 1.88. The molecule has 0 unspecified atom stereocenters. The van der Waals surface area contributed by atoms with Gasteiger partial charge in [-0.15, -0.1) is 0 Å². The summed E-state index contributed by atoms with van der Waals surface area (Å²) in [6.45, 7) is 3.56. The van der Waals surface area contributed by atoms with Crippen molar-refractivity contribution in [1.29, 1.82) is 0 Å². The highest BCUT2D eigenvalue weighted by atomic mass is 79.9. The first kappa shape index (κ1) is 16.4. The predicted octanol–water partition coefficient (Wildman–Crippen LogP) is 3.97. The zero-order chi connectivity index (χ0) is 15.6. The third-order valence-corrected chi connectivity index (χ3v) is 4.82. The second-order valence-electron chi connectivity index (χ2n) is 5.66. The maximum Gasteiger partial charge on any atom is 0.319 e. The van der Waals surface area contributed by atoms with Crippen LogP contribution in [0.2, 0.25) is 5.02 Å². The van der Waals surface area contributed by atoms with Crippen LogP contribution in [-0.4, -0.2) is 49.1 Å². The normalized spacial score (nSPS) is 16.0. The lowest BCUT2D eigenvalue weighted by Gasteiger charge is -2.34. The number of carbonyl (C=O) groups excluding carboxylic acids is 1. The number of carbonyl (C=O) groups is 1. The predicted molar refractivity (Wildman–Crippen MR) is 91.2 cm³/mol. The van der Waals surface area contributed by atoms with Crippen LogP contribution in [-0.2, 0) is 0 Å². The molecule has 21 heavy (non-hydrogen) atoms. The maximum atomic E-state index is 11.9. The molecule has 1 aromatic carbocycles. The van der Waals surface area contributed by atoms with Gasteiger partial charge in [0.2, 0.25) is 0 Å². The van der Waals surface area contributed by atoms with Gasteiger partial charge in [0.05, 0.1) is 5.69 Å². The van der Waals surface area contributed by atoms with Crippen molar-refractivity contribution in [3.8, 4) is 0 Å². The molecule has 2 amide bonds. The lowest BCUT2D eigenvalue weighted by atomic mass is 10.0. The van der Waals surface area contributed by atoms with E-state index in [1.165, 1.54) is 0 Å². The number of anilines is 1. The Labute approximate surface area is 139 Å². The fourth-order valence-electron chi connectivity index (χ4n) is 2.47. The Morgan fingerprint density at radius 1 is 1.38 bits per heavy atom. The van der Waals surface area contributed by atoms with Crippen LogP contribution in [0.4, 0.5) is 10.5 Å². The van der Waals surface area contributed by atoms with Crippen molar-refractivity contribution in [3.05, 3.63) is 27.2 Å². The maximum absolute atomic E-state index is 11.9. The van der Waals surface area contributed by atoms with Crippen molar-refractivity contribution in [3.63, 3.8) is 0 Å². The van der Waals surface area contributed by atoms with Gasteiger partial charge in [-0.2, -0.15) is 0 Å². The summed E-state index contributed by atoms with van der Waals surface area (Å²) in [5.74, 6) is 0. The van der Waals surface area contributed by atoms with Crippen LogP contribution in [0.25, 0.3) is 0 Å². The molecule has 0 aromatic heterocycles. The summed E-state index contributed by atoms with van der Waals surface area (Å²) in [5, 5.41) is 4.29. The number of hydrogen-bond donors (Lipinski definition) is 1. The van der Waals surface area contributed by atoms with Crippen molar-refractivity contribution in [2.45, 2.75) is 25.8 Å². The average molecular weight is 375 g/mol. The second kappa shape index (κ2) is 6.88. The van der Waals surface area contributed by atoms with Gasteiger partial charge in [-0.05, 0) is 53.4 Å². The molecule has 0 saturated carbocycles. The van der Waals surface area contributed by atoms with E-state index < -0.39 is 0 Å². The molecule has 1 N–H and O–H groups in total. The number of nitrogens with zero attached hydrogens (tertiary/aromatic N) is 2. The highest BCUT2D eigenvalue weighted by molar-refractivity contribution is 9.10. The second-order valence-corrected chi connectivity index (χ2v) is 6.93. The molecule has 2 rings (SSSR count). The Balaban J connectivity index is 1.95. The largest absolute Gasteiger partial charge is 0.381 e. The van der Waals surface area contributed by atoms with E-state index in [0.717, 1.165) is 46.7 Å². The third kappa shape index (κ3) is 4.04. The van der Waals surface area contributed by atoms with Crippen LogP contribution in [0.3, 0.4) is 0 Å². The number of amides is 2. The molecule has 1 heterocycles. The van der Waals surface area contributed by atoms with E-state index in [2.05, 4.69) is 21.2 Å². The molecule has 1 aliphatic rings. The van der Waals surface area contributed by atoms with Gasteiger partial charge in [0.1, 0.15) is 0 Å². The van der Waals surface area contributed by atoms with Crippen molar-refractivity contribution in [1.82, 2.24) is 9.80 Å². The quantitative estimate of drug-likeness (QED) is 0.850. The summed E-state index contributed by atoms with van der Waals surface area (Å²) < 4.78 is 1.02. The summed E-state index contributed by atoms with van der Waals surface area (Å²) >= 11 is 9.75. The Morgan fingerprint density at radius 2 is 2.00 bits per heavy atom. The van der Waals surface area contributed by atoms with Crippen LogP contribution in [0.1, 0.15) is 18.4 Å². The molecule has 6 heteroatoms. The van der Waals surface area contributed by atoms with Crippen molar-refractivity contribution >= 4 is 39.2 Å². The van der Waals surface area contributed by atoms with Crippen LogP contribution < -0.4 is 5.32 Å². The number of rotatable bonds is 2. The summed E-state index contributed by atoms with van der Waals surface area (Å²) in [7, 11) is 3.58. The van der Waals surface area contributed by atoms with Crippen LogP contribution in [0.15, 0.2) is 16.6 Å². The number of aryl methyl sites for hydroxylation is 1. The van der Waals surface area contributed by atoms with Crippen LogP contribution >= 0.6 is 27.5 Å². The Bertz CT molecular complexity index is 528. The number of urea groups is 1. The fourth-order valence-corrected chi connectivity index (χ4v) is 3.21. The number of nitrogens with one attached hydrogen (secondary N) is 1. The summed E-state index contributed by atoms with van der Waals surface area (Å²) in [5.41, 5.74) is 2.07. The Kier molecular flexibility index (Phi) is 5.38. The van der Waals surface area contributed by atoms with Gasteiger partial charge in [0, 0.05) is 42.7 Å². The topological polar surface area (TPSA) is 35.6 Å². The molecular formula is C15H21BrClN3O. The highest BCUT2D eigenvalue weighted by Gasteiger charge is 2.24. The van der Waals surface area contributed by atoms with E-state index in [0.29, 0.717) is 6.04 Å². The SMILES string of the molecule is Cc1cc(Br)c(NC2CCN(C(=O)N(C)C)CC2)cc1Cl. The Hall–Kier alpha value is -0.940. The van der Waals surface area contributed by atoms with Gasteiger partial charge in [0.25, 0.3) is 0 Å². The van der Waals surface area contributed by atoms with Gasteiger partial charge in [-0.25, -0.2) is 4.79 Å². The Morgan fingerprint density at radius 3 is 2.57 bits per heavy atom. The minimum atomic E-state index is 0.0908. The first-order valence-corrected chi connectivity index (χ1v) is 8.24. The molecule has 0 radical (unpaired) electrons. The molecule has 1 aliphatic heterocycles. The first-order chi connectivity index (χ1) is 9.88. The van der Waals surface area contributed by atoms with E-state index in [-0.39, 0.29) is 6.03 Å². The van der Waals surface area contributed by atoms with Crippen molar-refractivity contribution < 1.29 is 4.79 Å². The fraction of sp³-hybridized carbons (Fsp3) is 0.533. The number of hydrogen-bond acceptors (Lipinski definition) is 2. The van der Waals surface area contributed by atoms with Crippen molar-refractivity contribution in [2.24, 2.45) is 0 Å². The molecule has 0 bridgehead atoms. The molecule has 116 valence electrons. The molecular weight excluding hydrogens is 354 g/mol. The molecule has 0 aliphatic carbocycles. The van der Waals surface area contributed by atoms with E-state index in [1.54, 1.807) is 19.0 Å². The average Bonchev–Trinajstić information content (AvgIpc) is 2.44. The minimum absolute atomic E-state index is 0.0908. The van der Waals surface area contributed by atoms with E-state index in [9.17, 15) is 4.79 Å². The standard InChI is InChI=1S/C15H21BrClN3O/c1-10-8-12(16)14(9-13(10)17)18-11-4-6-20(7-5-11)15(21)19(2)3/h8-9,11,18H,4-7H2,1-3H3. The minimum Gasteiger partial charge on any atom is -0.381 e.